The Morgan fingerprint density at radius 2 is 2.39 bits per heavy atom. The monoisotopic (exact) mass is 270 g/mol. The SMILES string of the molecule is O=C(NCC[C@@H]1CCNC1)c1ccc(Cl)cc1F. The summed E-state index contributed by atoms with van der Waals surface area (Å²) in [5.41, 5.74) is 0.0453. The van der Waals surface area contributed by atoms with Crippen LogP contribution in [0.2, 0.25) is 5.02 Å². The average Bonchev–Trinajstić information content (AvgIpc) is 2.81. The molecule has 1 amide bonds. The Morgan fingerprint density at radius 1 is 1.56 bits per heavy atom. The Kier molecular flexibility index (Phi) is 4.55. The largest absolute Gasteiger partial charge is 0.352 e. The van der Waals surface area contributed by atoms with Gasteiger partial charge in [0.2, 0.25) is 0 Å². The van der Waals surface area contributed by atoms with Crippen LogP contribution in [0.4, 0.5) is 4.39 Å². The Labute approximate surface area is 111 Å². The van der Waals surface area contributed by atoms with Gasteiger partial charge in [0.05, 0.1) is 5.56 Å². The van der Waals surface area contributed by atoms with Crippen molar-refractivity contribution in [2.24, 2.45) is 5.92 Å². The molecule has 0 unspecified atom stereocenters. The van der Waals surface area contributed by atoms with E-state index >= 15 is 0 Å². The van der Waals surface area contributed by atoms with Gasteiger partial charge in [-0.2, -0.15) is 0 Å². The summed E-state index contributed by atoms with van der Waals surface area (Å²) in [5.74, 6) is -0.349. The number of benzene rings is 1. The topological polar surface area (TPSA) is 41.1 Å². The Bertz CT molecular complexity index is 433. The molecule has 1 aromatic carbocycles. The zero-order valence-corrected chi connectivity index (χ0v) is 10.8. The highest BCUT2D eigenvalue weighted by atomic mass is 35.5. The maximum atomic E-state index is 13.5. The van der Waals surface area contributed by atoms with Crippen LogP contribution in [0.5, 0.6) is 0 Å². The fourth-order valence-corrected chi connectivity index (χ4v) is 2.28. The molecule has 1 heterocycles. The van der Waals surface area contributed by atoms with Crippen LogP contribution in [0.3, 0.4) is 0 Å². The maximum Gasteiger partial charge on any atom is 0.254 e. The van der Waals surface area contributed by atoms with Crippen LogP contribution in [0.15, 0.2) is 18.2 Å². The van der Waals surface area contributed by atoms with Crippen LogP contribution < -0.4 is 10.6 Å². The van der Waals surface area contributed by atoms with E-state index in [0.29, 0.717) is 17.5 Å². The number of carbonyl (C=O) groups is 1. The summed E-state index contributed by atoms with van der Waals surface area (Å²) in [6.07, 6.45) is 2.07. The lowest BCUT2D eigenvalue weighted by molar-refractivity contribution is 0.0947. The fraction of sp³-hybridized carbons (Fsp3) is 0.462. The number of nitrogens with one attached hydrogen (secondary N) is 2. The van der Waals surface area contributed by atoms with Crippen molar-refractivity contribution in [3.63, 3.8) is 0 Å². The molecule has 0 aliphatic carbocycles. The third-order valence-corrected chi connectivity index (χ3v) is 3.41. The maximum absolute atomic E-state index is 13.5. The van der Waals surface area contributed by atoms with Gasteiger partial charge in [0.25, 0.3) is 5.91 Å². The first-order valence-corrected chi connectivity index (χ1v) is 6.48. The molecule has 0 spiro atoms. The molecule has 1 aliphatic rings. The second-order valence-electron chi connectivity index (χ2n) is 4.53. The van der Waals surface area contributed by atoms with Crippen LogP contribution in [-0.2, 0) is 0 Å². The van der Waals surface area contributed by atoms with E-state index in [1.807, 2.05) is 0 Å². The van der Waals surface area contributed by atoms with Gasteiger partial charge >= 0.3 is 0 Å². The molecule has 0 saturated carbocycles. The molecule has 0 bridgehead atoms. The average molecular weight is 271 g/mol. The first-order chi connectivity index (χ1) is 8.66. The fourth-order valence-electron chi connectivity index (χ4n) is 2.12. The molecule has 5 heteroatoms. The molecule has 0 aromatic heterocycles. The van der Waals surface area contributed by atoms with Crippen molar-refractivity contribution in [2.75, 3.05) is 19.6 Å². The molecule has 1 aliphatic heterocycles. The summed E-state index contributed by atoms with van der Waals surface area (Å²) >= 11 is 5.63. The lowest BCUT2D eigenvalue weighted by Gasteiger charge is -2.09. The lowest BCUT2D eigenvalue weighted by atomic mass is 10.1. The second-order valence-corrected chi connectivity index (χ2v) is 4.96. The number of halogens is 2. The van der Waals surface area contributed by atoms with Crippen LogP contribution >= 0.6 is 11.6 Å². The minimum Gasteiger partial charge on any atom is -0.352 e. The number of hydrogen-bond acceptors (Lipinski definition) is 2. The van der Waals surface area contributed by atoms with E-state index in [9.17, 15) is 9.18 Å². The van der Waals surface area contributed by atoms with E-state index < -0.39 is 5.82 Å². The Balaban J connectivity index is 1.83. The van der Waals surface area contributed by atoms with Gasteiger partial charge in [-0.05, 0) is 50.0 Å². The molecule has 1 saturated heterocycles. The molecule has 3 nitrogen and oxygen atoms in total. The van der Waals surface area contributed by atoms with Crippen LogP contribution in [0.1, 0.15) is 23.2 Å². The molecule has 18 heavy (non-hydrogen) atoms. The molecular weight excluding hydrogens is 255 g/mol. The Morgan fingerprint density at radius 3 is 3.06 bits per heavy atom. The van der Waals surface area contributed by atoms with Crippen LogP contribution in [0.25, 0.3) is 0 Å². The summed E-state index contributed by atoms with van der Waals surface area (Å²) in [4.78, 5) is 11.7. The van der Waals surface area contributed by atoms with Crippen molar-refractivity contribution in [1.29, 1.82) is 0 Å². The van der Waals surface area contributed by atoms with Crippen LogP contribution in [0, 0.1) is 11.7 Å². The predicted molar refractivity (Wildman–Crippen MR) is 69.3 cm³/mol. The minimum absolute atomic E-state index is 0.0453. The van der Waals surface area contributed by atoms with Gasteiger partial charge in [-0.25, -0.2) is 4.39 Å². The van der Waals surface area contributed by atoms with Crippen molar-refractivity contribution in [3.8, 4) is 0 Å². The minimum atomic E-state index is -0.581. The van der Waals surface area contributed by atoms with Gasteiger partial charge in [0.1, 0.15) is 5.82 Å². The third-order valence-electron chi connectivity index (χ3n) is 3.18. The molecule has 2 N–H and O–H groups in total. The summed E-state index contributed by atoms with van der Waals surface area (Å²) in [6, 6.07) is 4.07. The smallest absolute Gasteiger partial charge is 0.254 e. The summed E-state index contributed by atoms with van der Waals surface area (Å²) in [7, 11) is 0. The number of rotatable bonds is 4. The molecule has 1 fully saturated rings. The van der Waals surface area contributed by atoms with E-state index in [0.717, 1.165) is 32.0 Å². The van der Waals surface area contributed by atoms with Gasteiger partial charge < -0.3 is 10.6 Å². The molecule has 1 atom stereocenters. The molecular formula is C13H16ClFN2O. The molecule has 98 valence electrons. The van der Waals surface area contributed by atoms with Gasteiger partial charge in [0.15, 0.2) is 0 Å². The van der Waals surface area contributed by atoms with Crippen LogP contribution in [-0.4, -0.2) is 25.5 Å². The second kappa shape index (κ2) is 6.16. The van der Waals surface area contributed by atoms with E-state index in [-0.39, 0.29) is 11.5 Å². The highest BCUT2D eigenvalue weighted by Crippen LogP contribution is 2.15. The molecule has 2 rings (SSSR count). The zero-order chi connectivity index (χ0) is 13.0. The van der Waals surface area contributed by atoms with Crippen molar-refractivity contribution < 1.29 is 9.18 Å². The normalized spacial score (nSPS) is 18.9. The molecule has 0 radical (unpaired) electrons. The van der Waals surface area contributed by atoms with E-state index in [1.54, 1.807) is 0 Å². The van der Waals surface area contributed by atoms with Crippen molar-refractivity contribution >= 4 is 17.5 Å². The van der Waals surface area contributed by atoms with Crippen molar-refractivity contribution in [1.82, 2.24) is 10.6 Å². The number of amides is 1. The summed E-state index contributed by atoms with van der Waals surface area (Å²) in [6.45, 7) is 2.63. The van der Waals surface area contributed by atoms with Gasteiger partial charge in [-0.3, -0.25) is 4.79 Å². The van der Waals surface area contributed by atoms with Gasteiger partial charge in [-0.1, -0.05) is 11.6 Å². The van der Waals surface area contributed by atoms with E-state index in [1.165, 1.54) is 12.1 Å². The number of hydrogen-bond donors (Lipinski definition) is 2. The number of carbonyl (C=O) groups excluding carboxylic acids is 1. The van der Waals surface area contributed by atoms with Crippen molar-refractivity contribution in [3.05, 3.63) is 34.6 Å². The highest BCUT2D eigenvalue weighted by molar-refractivity contribution is 6.30. The lowest BCUT2D eigenvalue weighted by Crippen LogP contribution is -2.27. The molecule has 1 aromatic rings. The summed E-state index contributed by atoms with van der Waals surface area (Å²) in [5, 5.41) is 6.30. The van der Waals surface area contributed by atoms with E-state index in [2.05, 4.69) is 10.6 Å². The first-order valence-electron chi connectivity index (χ1n) is 6.11. The first kappa shape index (κ1) is 13.3. The zero-order valence-electron chi connectivity index (χ0n) is 10.0. The quantitative estimate of drug-likeness (QED) is 0.881. The Hall–Kier alpha value is -1.13. The predicted octanol–water partition coefficient (Wildman–Crippen LogP) is 2.21. The third kappa shape index (κ3) is 3.43. The highest BCUT2D eigenvalue weighted by Gasteiger charge is 2.15. The standard InChI is InChI=1S/C13H16ClFN2O/c14-10-1-2-11(12(15)7-10)13(18)17-6-4-9-3-5-16-8-9/h1-2,7,9,16H,3-6,8H2,(H,17,18)/t9-/m0/s1. The van der Waals surface area contributed by atoms with Crippen molar-refractivity contribution in [2.45, 2.75) is 12.8 Å². The summed E-state index contributed by atoms with van der Waals surface area (Å²) < 4.78 is 13.5. The van der Waals surface area contributed by atoms with E-state index in [4.69, 9.17) is 11.6 Å². The van der Waals surface area contributed by atoms with Gasteiger partial charge in [-0.15, -0.1) is 0 Å². The van der Waals surface area contributed by atoms with Gasteiger partial charge in [0, 0.05) is 11.6 Å².